The van der Waals surface area contributed by atoms with E-state index in [0.29, 0.717) is 6.07 Å². The number of nitrogens with one attached hydrogen (secondary N) is 1. The van der Waals surface area contributed by atoms with Crippen LogP contribution in [0.5, 0.6) is 5.75 Å². The molecule has 0 saturated carbocycles. The van der Waals surface area contributed by atoms with E-state index in [-0.39, 0.29) is 0 Å². The number of hydrogen-bond acceptors (Lipinski definition) is 2. The van der Waals surface area contributed by atoms with Crippen molar-refractivity contribution in [2.45, 2.75) is 6.18 Å². The van der Waals surface area contributed by atoms with Crippen molar-refractivity contribution in [1.82, 2.24) is 5.32 Å². The summed E-state index contributed by atoms with van der Waals surface area (Å²) in [6.07, 6.45) is -4.56. The summed E-state index contributed by atoms with van der Waals surface area (Å²) in [6, 6.07) is 2.43. The van der Waals surface area contributed by atoms with Crippen LogP contribution >= 0.6 is 0 Å². The van der Waals surface area contributed by atoms with Crippen LogP contribution in [0, 0.1) is 5.82 Å². The number of hydrogen-bond donors (Lipinski definition) is 2. The number of phenols is 1. The molecule has 7 heteroatoms. The van der Waals surface area contributed by atoms with Crippen LogP contribution in [0.25, 0.3) is 0 Å². The van der Waals surface area contributed by atoms with E-state index in [4.69, 9.17) is 5.11 Å². The number of phenolic OH excluding ortho intramolecular Hbond substituents is 1. The highest BCUT2D eigenvalue weighted by molar-refractivity contribution is 5.96. The van der Waals surface area contributed by atoms with Crippen molar-refractivity contribution in [2.24, 2.45) is 0 Å². The minimum Gasteiger partial charge on any atom is -0.507 e. The normalized spacial score (nSPS) is 11.2. The van der Waals surface area contributed by atoms with Gasteiger partial charge in [0.05, 0.1) is 5.56 Å². The third-order valence-corrected chi connectivity index (χ3v) is 1.65. The van der Waals surface area contributed by atoms with E-state index in [1.165, 1.54) is 5.32 Å². The van der Waals surface area contributed by atoms with Gasteiger partial charge in [0.2, 0.25) is 0 Å². The molecule has 1 amide bonds. The fraction of sp³-hybridized carbons (Fsp3) is 0.222. The predicted octanol–water partition coefficient (Wildman–Crippen LogP) is 1.82. The molecule has 0 heterocycles. The number of amides is 1. The lowest BCUT2D eigenvalue weighted by atomic mass is 10.2. The van der Waals surface area contributed by atoms with Crippen molar-refractivity contribution < 1.29 is 27.5 Å². The van der Waals surface area contributed by atoms with Crippen LogP contribution in [0.1, 0.15) is 10.4 Å². The Kier molecular flexibility index (Phi) is 3.36. The van der Waals surface area contributed by atoms with E-state index in [2.05, 4.69) is 0 Å². The monoisotopic (exact) mass is 237 g/mol. The van der Waals surface area contributed by atoms with Crippen LogP contribution in [0.3, 0.4) is 0 Å². The highest BCUT2D eigenvalue weighted by Gasteiger charge is 2.28. The van der Waals surface area contributed by atoms with Crippen LogP contribution in [0.2, 0.25) is 0 Å². The molecule has 1 aromatic rings. The second kappa shape index (κ2) is 4.38. The fourth-order valence-corrected chi connectivity index (χ4v) is 0.966. The zero-order valence-electron chi connectivity index (χ0n) is 7.81. The maximum Gasteiger partial charge on any atom is 0.405 e. The largest absolute Gasteiger partial charge is 0.507 e. The molecule has 0 aliphatic heterocycles. The number of carbonyl (C=O) groups excluding carboxylic acids is 1. The molecule has 3 nitrogen and oxygen atoms in total. The summed E-state index contributed by atoms with van der Waals surface area (Å²) >= 11 is 0. The Morgan fingerprint density at radius 3 is 2.56 bits per heavy atom. The Labute approximate surface area is 87.7 Å². The van der Waals surface area contributed by atoms with Crippen LogP contribution in [-0.4, -0.2) is 23.7 Å². The number of halogens is 4. The van der Waals surface area contributed by atoms with Gasteiger partial charge in [-0.05, 0) is 18.2 Å². The third-order valence-electron chi connectivity index (χ3n) is 1.65. The SMILES string of the molecule is O=C(NCC(F)(F)F)c1cc(F)ccc1O. The summed E-state index contributed by atoms with van der Waals surface area (Å²) in [5.41, 5.74) is -0.538. The van der Waals surface area contributed by atoms with E-state index >= 15 is 0 Å². The molecule has 1 rings (SSSR count). The molecule has 0 aliphatic carbocycles. The number of rotatable bonds is 2. The van der Waals surface area contributed by atoms with Crippen molar-refractivity contribution in [3.05, 3.63) is 29.6 Å². The molecule has 0 saturated heterocycles. The Bertz CT molecular complexity index is 403. The molecule has 0 aliphatic rings. The Morgan fingerprint density at radius 2 is 2.00 bits per heavy atom. The number of aromatic hydroxyl groups is 1. The van der Waals surface area contributed by atoms with Gasteiger partial charge >= 0.3 is 6.18 Å². The Balaban J connectivity index is 2.77. The van der Waals surface area contributed by atoms with Gasteiger partial charge < -0.3 is 10.4 Å². The summed E-state index contributed by atoms with van der Waals surface area (Å²) in [6.45, 7) is -1.54. The van der Waals surface area contributed by atoms with E-state index in [1.54, 1.807) is 0 Å². The molecule has 0 fully saturated rings. The lowest BCUT2D eigenvalue weighted by Gasteiger charge is -2.09. The first-order chi connectivity index (χ1) is 7.29. The first-order valence-corrected chi connectivity index (χ1v) is 4.13. The number of benzene rings is 1. The van der Waals surface area contributed by atoms with Crippen molar-refractivity contribution >= 4 is 5.91 Å². The first kappa shape index (κ1) is 12.3. The topological polar surface area (TPSA) is 49.3 Å². The number of alkyl halides is 3. The molecule has 0 spiro atoms. The van der Waals surface area contributed by atoms with Crippen molar-refractivity contribution in [3.8, 4) is 5.75 Å². The van der Waals surface area contributed by atoms with Gasteiger partial charge in [-0.25, -0.2) is 4.39 Å². The molecule has 0 atom stereocenters. The van der Waals surface area contributed by atoms with Gasteiger partial charge in [0.1, 0.15) is 18.1 Å². The molecule has 0 unspecified atom stereocenters. The summed E-state index contributed by atoms with van der Waals surface area (Å²) in [5, 5.41) is 10.6. The average Bonchev–Trinajstić information content (AvgIpc) is 2.17. The molecular formula is C9H7F4NO2. The van der Waals surface area contributed by atoms with Gasteiger partial charge in [0.25, 0.3) is 5.91 Å². The minimum absolute atomic E-state index is 0.538. The molecule has 16 heavy (non-hydrogen) atoms. The predicted molar refractivity (Wildman–Crippen MR) is 46.5 cm³/mol. The van der Waals surface area contributed by atoms with Crippen molar-refractivity contribution in [2.75, 3.05) is 6.54 Å². The lowest BCUT2D eigenvalue weighted by molar-refractivity contribution is -0.123. The fourth-order valence-electron chi connectivity index (χ4n) is 0.966. The minimum atomic E-state index is -4.56. The highest BCUT2D eigenvalue weighted by Crippen LogP contribution is 2.18. The van der Waals surface area contributed by atoms with Gasteiger partial charge in [0.15, 0.2) is 0 Å². The zero-order chi connectivity index (χ0) is 12.3. The molecule has 0 radical (unpaired) electrons. The first-order valence-electron chi connectivity index (χ1n) is 4.13. The van der Waals surface area contributed by atoms with Crippen molar-refractivity contribution in [3.63, 3.8) is 0 Å². The Morgan fingerprint density at radius 1 is 1.38 bits per heavy atom. The van der Waals surface area contributed by atoms with Gasteiger partial charge in [-0.3, -0.25) is 4.79 Å². The number of carbonyl (C=O) groups is 1. The van der Waals surface area contributed by atoms with Gasteiger partial charge in [0, 0.05) is 0 Å². The van der Waals surface area contributed by atoms with Gasteiger partial charge in [-0.1, -0.05) is 0 Å². The van der Waals surface area contributed by atoms with Gasteiger partial charge in [-0.15, -0.1) is 0 Å². The molecule has 2 N–H and O–H groups in total. The summed E-state index contributed by atoms with van der Waals surface area (Å²) in [4.78, 5) is 11.1. The standard InChI is InChI=1S/C9H7F4NO2/c10-5-1-2-7(15)6(3-5)8(16)14-4-9(11,12)13/h1-3,15H,4H2,(H,14,16). The maximum atomic E-state index is 12.7. The average molecular weight is 237 g/mol. The second-order valence-electron chi connectivity index (χ2n) is 2.96. The highest BCUT2D eigenvalue weighted by atomic mass is 19.4. The van der Waals surface area contributed by atoms with Crippen LogP contribution in [0.15, 0.2) is 18.2 Å². The Hall–Kier alpha value is -1.79. The van der Waals surface area contributed by atoms with E-state index in [0.717, 1.165) is 12.1 Å². The van der Waals surface area contributed by atoms with E-state index in [1.807, 2.05) is 0 Å². The smallest absolute Gasteiger partial charge is 0.405 e. The van der Waals surface area contributed by atoms with Crippen LogP contribution in [-0.2, 0) is 0 Å². The lowest BCUT2D eigenvalue weighted by Crippen LogP contribution is -2.33. The molecular weight excluding hydrogens is 230 g/mol. The molecule has 0 bridgehead atoms. The quantitative estimate of drug-likeness (QED) is 0.771. The third kappa shape index (κ3) is 3.41. The van der Waals surface area contributed by atoms with Crippen LogP contribution in [0.4, 0.5) is 17.6 Å². The molecule has 88 valence electrons. The van der Waals surface area contributed by atoms with E-state index < -0.39 is 35.8 Å². The van der Waals surface area contributed by atoms with Crippen LogP contribution < -0.4 is 5.32 Å². The maximum absolute atomic E-state index is 12.7. The second-order valence-corrected chi connectivity index (χ2v) is 2.96. The zero-order valence-corrected chi connectivity index (χ0v) is 7.81. The van der Waals surface area contributed by atoms with E-state index in [9.17, 15) is 22.4 Å². The molecule has 0 aromatic heterocycles. The molecule has 1 aromatic carbocycles. The van der Waals surface area contributed by atoms with Crippen molar-refractivity contribution in [1.29, 1.82) is 0 Å². The summed E-state index contributed by atoms with van der Waals surface area (Å²) in [5.74, 6) is -2.59. The summed E-state index contributed by atoms with van der Waals surface area (Å²) < 4.78 is 47.9. The summed E-state index contributed by atoms with van der Waals surface area (Å²) in [7, 11) is 0. The van der Waals surface area contributed by atoms with Gasteiger partial charge in [-0.2, -0.15) is 13.2 Å².